The van der Waals surface area contributed by atoms with Gasteiger partial charge in [-0.25, -0.2) is 9.78 Å². The van der Waals surface area contributed by atoms with Gasteiger partial charge in [0.15, 0.2) is 0 Å². The molecule has 0 atom stereocenters. The summed E-state index contributed by atoms with van der Waals surface area (Å²) in [6.07, 6.45) is 1.59. The number of aromatic nitrogens is 1. The number of ether oxygens (including phenoxy) is 1. The molecule has 0 bridgehead atoms. The van der Waals surface area contributed by atoms with E-state index in [1.54, 1.807) is 42.6 Å². The van der Waals surface area contributed by atoms with Crippen LogP contribution in [0.15, 0.2) is 42.6 Å². The predicted octanol–water partition coefficient (Wildman–Crippen LogP) is 3.18. The van der Waals surface area contributed by atoms with E-state index in [0.717, 1.165) is 3.57 Å². The number of hydrogen-bond acceptors (Lipinski definition) is 3. The van der Waals surface area contributed by atoms with Crippen LogP contribution in [0.3, 0.4) is 0 Å². The lowest BCUT2D eigenvalue weighted by Crippen LogP contribution is -2.01. The third kappa shape index (κ3) is 2.94. The molecule has 4 nitrogen and oxygen atoms in total. The second-order valence-electron chi connectivity index (χ2n) is 3.22. The van der Waals surface area contributed by atoms with E-state index < -0.39 is 5.97 Å². The number of carboxylic acids is 1. The predicted molar refractivity (Wildman–Crippen MR) is 70.4 cm³/mol. The molecule has 17 heavy (non-hydrogen) atoms. The van der Waals surface area contributed by atoms with E-state index in [4.69, 9.17) is 9.84 Å². The highest BCUT2D eigenvalue weighted by atomic mass is 127. The van der Waals surface area contributed by atoms with E-state index in [0.29, 0.717) is 5.88 Å². The monoisotopic (exact) mass is 341 g/mol. The maximum Gasteiger partial charge on any atom is 0.339 e. The third-order valence-electron chi connectivity index (χ3n) is 2.02. The van der Waals surface area contributed by atoms with Gasteiger partial charge in [-0.3, -0.25) is 0 Å². The van der Waals surface area contributed by atoms with Gasteiger partial charge < -0.3 is 9.84 Å². The summed E-state index contributed by atoms with van der Waals surface area (Å²) < 4.78 is 6.27. The van der Waals surface area contributed by atoms with E-state index in [2.05, 4.69) is 27.6 Å². The first-order chi connectivity index (χ1) is 8.16. The molecule has 1 aromatic carbocycles. The van der Waals surface area contributed by atoms with Gasteiger partial charge in [-0.2, -0.15) is 0 Å². The minimum absolute atomic E-state index is 0.127. The number of rotatable bonds is 3. The molecule has 0 saturated heterocycles. The number of pyridine rings is 1. The highest BCUT2D eigenvalue weighted by Gasteiger charge is 2.12. The Morgan fingerprint density at radius 2 is 2.12 bits per heavy atom. The normalized spacial score (nSPS) is 9.94. The van der Waals surface area contributed by atoms with Gasteiger partial charge in [0.2, 0.25) is 5.88 Å². The fourth-order valence-corrected chi connectivity index (χ4v) is 1.77. The first kappa shape index (κ1) is 11.8. The molecule has 1 heterocycles. The van der Waals surface area contributed by atoms with Gasteiger partial charge in [0, 0.05) is 15.8 Å². The van der Waals surface area contributed by atoms with Gasteiger partial charge in [-0.15, -0.1) is 0 Å². The SMILES string of the molecule is O=C(O)c1cc(I)ccc1Oc1ccccn1. The van der Waals surface area contributed by atoms with Gasteiger partial charge in [-0.05, 0) is 46.9 Å². The second kappa shape index (κ2) is 5.13. The van der Waals surface area contributed by atoms with Crippen molar-refractivity contribution >= 4 is 28.6 Å². The molecule has 2 rings (SSSR count). The van der Waals surface area contributed by atoms with Crippen molar-refractivity contribution in [2.75, 3.05) is 0 Å². The summed E-state index contributed by atoms with van der Waals surface area (Å²) in [5.74, 6) is -0.359. The molecule has 86 valence electrons. The van der Waals surface area contributed by atoms with Gasteiger partial charge in [0.25, 0.3) is 0 Å². The lowest BCUT2D eigenvalue weighted by atomic mass is 10.2. The van der Waals surface area contributed by atoms with Crippen LogP contribution in [0.1, 0.15) is 10.4 Å². The maximum atomic E-state index is 11.1. The van der Waals surface area contributed by atoms with Crippen molar-refractivity contribution in [3.05, 3.63) is 51.7 Å². The highest BCUT2D eigenvalue weighted by Crippen LogP contribution is 2.25. The number of halogens is 1. The maximum absolute atomic E-state index is 11.1. The Kier molecular flexibility index (Phi) is 3.58. The number of hydrogen-bond donors (Lipinski definition) is 1. The largest absolute Gasteiger partial charge is 0.478 e. The lowest BCUT2D eigenvalue weighted by Gasteiger charge is -2.07. The fourth-order valence-electron chi connectivity index (χ4n) is 1.28. The Bertz CT molecular complexity index is 543. The summed E-state index contributed by atoms with van der Waals surface area (Å²) in [7, 11) is 0. The summed E-state index contributed by atoms with van der Waals surface area (Å²) >= 11 is 2.05. The number of carbonyl (C=O) groups is 1. The molecule has 1 N–H and O–H groups in total. The number of aromatic carboxylic acids is 1. The molecule has 1 aromatic heterocycles. The minimum atomic E-state index is -1.02. The lowest BCUT2D eigenvalue weighted by molar-refractivity contribution is 0.0694. The van der Waals surface area contributed by atoms with Crippen molar-refractivity contribution in [3.8, 4) is 11.6 Å². The van der Waals surface area contributed by atoms with Crippen LogP contribution >= 0.6 is 22.6 Å². The molecule has 0 aliphatic heterocycles. The average Bonchev–Trinajstić information content (AvgIpc) is 2.32. The Morgan fingerprint density at radius 1 is 1.29 bits per heavy atom. The van der Waals surface area contributed by atoms with Crippen LogP contribution in [-0.2, 0) is 0 Å². The molecule has 5 heteroatoms. The van der Waals surface area contributed by atoms with Crippen LogP contribution in [0.25, 0.3) is 0 Å². The molecule has 0 aliphatic carbocycles. The Hall–Kier alpha value is -1.63. The molecule has 0 unspecified atom stereocenters. The molecule has 0 fully saturated rings. The zero-order chi connectivity index (χ0) is 12.3. The summed E-state index contributed by atoms with van der Waals surface area (Å²) in [5.41, 5.74) is 0.127. The summed E-state index contributed by atoms with van der Waals surface area (Å²) in [6.45, 7) is 0. The van der Waals surface area contributed by atoms with Crippen LogP contribution in [0.4, 0.5) is 0 Å². The summed E-state index contributed by atoms with van der Waals surface area (Å²) in [5, 5.41) is 9.06. The van der Waals surface area contributed by atoms with Crippen molar-refractivity contribution in [2.24, 2.45) is 0 Å². The van der Waals surface area contributed by atoms with Gasteiger partial charge in [0.1, 0.15) is 11.3 Å². The smallest absolute Gasteiger partial charge is 0.339 e. The molecular formula is C12H8INO3. The number of benzene rings is 1. The standard InChI is InChI=1S/C12H8INO3/c13-8-4-5-10(9(7-8)12(15)16)17-11-3-1-2-6-14-11/h1-7H,(H,15,16). The molecule has 0 aliphatic rings. The van der Waals surface area contributed by atoms with Crippen molar-refractivity contribution in [1.29, 1.82) is 0 Å². The van der Waals surface area contributed by atoms with E-state index in [1.807, 2.05) is 0 Å². The zero-order valence-corrected chi connectivity index (χ0v) is 10.8. The molecule has 0 radical (unpaired) electrons. The number of carboxylic acid groups (broad SMARTS) is 1. The fraction of sp³-hybridized carbons (Fsp3) is 0. The first-order valence-electron chi connectivity index (χ1n) is 4.78. The van der Waals surface area contributed by atoms with Gasteiger partial charge in [0.05, 0.1) is 0 Å². The third-order valence-corrected chi connectivity index (χ3v) is 2.70. The molecule has 0 saturated carbocycles. The van der Waals surface area contributed by atoms with Crippen molar-refractivity contribution in [2.45, 2.75) is 0 Å². The topological polar surface area (TPSA) is 59.4 Å². The van der Waals surface area contributed by atoms with Gasteiger partial charge >= 0.3 is 5.97 Å². The van der Waals surface area contributed by atoms with Crippen LogP contribution in [-0.4, -0.2) is 16.1 Å². The summed E-state index contributed by atoms with van der Waals surface area (Å²) in [6, 6.07) is 10.2. The summed E-state index contributed by atoms with van der Waals surface area (Å²) in [4.78, 5) is 15.0. The van der Waals surface area contributed by atoms with Crippen LogP contribution < -0.4 is 4.74 Å². The first-order valence-corrected chi connectivity index (χ1v) is 5.86. The Morgan fingerprint density at radius 3 is 2.76 bits per heavy atom. The second-order valence-corrected chi connectivity index (χ2v) is 4.46. The van der Waals surface area contributed by atoms with E-state index in [1.165, 1.54) is 0 Å². The van der Waals surface area contributed by atoms with E-state index >= 15 is 0 Å². The van der Waals surface area contributed by atoms with Crippen molar-refractivity contribution < 1.29 is 14.6 Å². The zero-order valence-electron chi connectivity index (χ0n) is 8.63. The quantitative estimate of drug-likeness (QED) is 0.872. The molecule has 0 amide bonds. The Balaban J connectivity index is 2.36. The van der Waals surface area contributed by atoms with E-state index in [9.17, 15) is 4.79 Å². The molecule has 2 aromatic rings. The highest BCUT2D eigenvalue weighted by molar-refractivity contribution is 14.1. The average molecular weight is 341 g/mol. The minimum Gasteiger partial charge on any atom is -0.478 e. The van der Waals surface area contributed by atoms with Crippen LogP contribution in [0.5, 0.6) is 11.6 Å². The Labute approximate surface area is 111 Å². The van der Waals surface area contributed by atoms with Crippen molar-refractivity contribution in [1.82, 2.24) is 4.98 Å². The molecular weight excluding hydrogens is 333 g/mol. The molecule has 0 spiro atoms. The van der Waals surface area contributed by atoms with Crippen LogP contribution in [0.2, 0.25) is 0 Å². The number of nitrogens with zero attached hydrogens (tertiary/aromatic N) is 1. The van der Waals surface area contributed by atoms with Gasteiger partial charge in [-0.1, -0.05) is 6.07 Å². The van der Waals surface area contributed by atoms with E-state index in [-0.39, 0.29) is 11.3 Å². The van der Waals surface area contributed by atoms with Crippen molar-refractivity contribution in [3.63, 3.8) is 0 Å². The van der Waals surface area contributed by atoms with Crippen LogP contribution in [0, 0.1) is 3.57 Å².